The summed E-state index contributed by atoms with van der Waals surface area (Å²) in [6.45, 7) is 0. The summed E-state index contributed by atoms with van der Waals surface area (Å²) in [5.74, 6) is -0.267. The van der Waals surface area contributed by atoms with Crippen molar-refractivity contribution >= 4 is 5.95 Å². The van der Waals surface area contributed by atoms with Crippen LogP contribution in [0, 0.1) is 0 Å². The van der Waals surface area contributed by atoms with Gasteiger partial charge in [0.15, 0.2) is 0 Å². The Kier molecular flexibility index (Phi) is 0.836. The van der Waals surface area contributed by atoms with Gasteiger partial charge in [-0.05, 0) is 18.1 Å². The van der Waals surface area contributed by atoms with Crippen molar-refractivity contribution < 1.29 is 8.22 Å². The summed E-state index contributed by atoms with van der Waals surface area (Å²) >= 11 is 0. The van der Waals surface area contributed by atoms with Crippen LogP contribution in [0.25, 0.3) is 11.3 Å². The van der Waals surface area contributed by atoms with Gasteiger partial charge in [0, 0.05) is 24.1 Å². The molecule has 4 heteroatoms. The van der Waals surface area contributed by atoms with Crippen molar-refractivity contribution in [1.29, 1.82) is 0 Å². The number of aromatic nitrogens is 3. The van der Waals surface area contributed by atoms with E-state index < -0.39 is 36.6 Å². The smallest absolute Gasteiger partial charge is 0.220 e. The van der Waals surface area contributed by atoms with Crippen LogP contribution in [0.5, 0.6) is 0 Å². The molecular weight excluding hydrogens is 164 g/mol. The summed E-state index contributed by atoms with van der Waals surface area (Å²) in [5.41, 5.74) is 4.98. The molecule has 2 rings (SSSR count). The predicted molar refractivity (Wildman–Crippen MR) is 49.7 cm³/mol. The largest absolute Gasteiger partial charge is 0.368 e. The van der Waals surface area contributed by atoms with Crippen LogP contribution < -0.4 is 5.73 Å². The minimum atomic E-state index is -0.501. The molecule has 64 valence electrons. The maximum absolute atomic E-state index is 7.74. The Morgan fingerprint density at radius 2 is 2.23 bits per heavy atom. The molecule has 0 saturated carbocycles. The van der Waals surface area contributed by atoms with Gasteiger partial charge in [0.1, 0.15) is 0 Å². The monoisotopic (exact) mass is 178 g/mol. The van der Waals surface area contributed by atoms with Crippen molar-refractivity contribution in [3.63, 3.8) is 0 Å². The first-order chi connectivity index (χ1) is 8.82. The molecule has 0 spiro atoms. The molecule has 0 aliphatic heterocycles. The van der Waals surface area contributed by atoms with Crippen molar-refractivity contribution in [3.05, 3.63) is 36.6 Å². The summed E-state index contributed by atoms with van der Waals surface area (Å²) in [6, 6.07) is -1.33. The van der Waals surface area contributed by atoms with Crippen molar-refractivity contribution in [3.8, 4) is 11.3 Å². The van der Waals surface area contributed by atoms with Gasteiger partial charge < -0.3 is 5.73 Å². The Labute approximate surface area is 83.9 Å². The molecule has 2 aromatic rings. The predicted octanol–water partition coefficient (Wildman–Crippen LogP) is 1.12. The molecule has 0 amide bonds. The number of anilines is 1. The van der Waals surface area contributed by atoms with E-state index in [0.29, 0.717) is 0 Å². The number of pyridine rings is 1. The summed E-state index contributed by atoms with van der Waals surface area (Å²) in [7, 11) is 0. The van der Waals surface area contributed by atoms with Gasteiger partial charge in [-0.1, -0.05) is 0 Å². The Morgan fingerprint density at radius 1 is 1.31 bits per heavy atom. The lowest BCUT2D eigenvalue weighted by Crippen LogP contribution is -1.95. The maximum atomic E-state index is 7.74. The van der Waals surface area contributed by atoms with Crippen molar-refractivity contribution in [2.45, 2.75) is 0 Å². The normalized spacial score (nSPS) is 16.3. The van der Waals surface area contributed by atoms with Crippen LogP contribution >= 0.6 is 0 Å². The standard InChI is InChI=1S/C9H8N4/c10-9-12-5-3-8(13-9)7-2-1-4-11-6-7/h1-6H,(H2,10,12,13)/i1D,2D,3D,4D,5D,6D. The van der Waals surface area contributed by atoms with Gasteiger partial charge in [-0.15, -0.1) is 0 Å². The van der Waals surface area contributed by atoms with E-state index in [1.165, 1.54) is 0 Å². The molecule has 0 fully saturated rings. The number of hydrogen-bond donors (Lipinski definition) is 1. The first-order valence-electron chi connectivity index (χ1n) is 6.38. The van der Waals surface area contributed by atoms with Crippen LogP contribution in [-0.4, -0.2) is 15.0 Å². The Morgan fingerprint density at radius 3 is 3.15 bits per heavy atom. The zero-order valence-corrected chi connectivity index (χ0v) is 6.42. The molecule has 0 bridgehead atoms. The van der Waals surface area contributed by atoms with E-state index in [1.54, 1.807) is 0 Å². The highest BCUT2D eigenvalue weighted by Crippen LogP contribution is 2.14. The highest BCUT2D eigenvalue weighted by Gasteiger charge is 1.98. The molecule has 4 nitrogen and oxygen atoms in total. The van der Waals surface area contributed by atoms with Gasteiger partial charge >= 0.3 is 0 Å². The third-order valence-corrected chi connectivity index (χ3v) is 1.27. The Balaban J connectivity index is 2.83. The summed E-state index contributed by atoms with van der Waals surface area (Å²) in [4.78, 5) is 10.7. The Hall–Kier alpha value is -1.97. The number of nitrogens with two attached hydrogens (primary N) is 1. The number of nitrogens with zero attached hydrogens (tertiary/aromatic N) is 3. The summed E-state index contributed by atoms with van der Waals surface area (Å²) in [6.07, 6.45) is -1.40. The molecule has 0 unspecified atom stereocenters. The quantitative estimate of drug-likeness (QED) is 0.710. The zero-order chi connectivity index (χ0) is 14.3. The Bertz CT molecular complexity index is 674. The first-order valence-corrected chi connectivity index (χ1v) is 3.38. The fraction of sp³-hybridized carbons (Fsp3) is 0. The average Bonchev–Trinajstić information content (AvgIpc) is 2.32. The highest BCUT2D eigenvalue weighted by atomic mass is 15.0. The topological polar surface area (TPSA) is 64.7 Å². The van der Waals surface area contributed by atoms with Gasteiger partial charge in [0.05, 0.1) is 13.9 Å². The van der Waals surface area contributed by atoms with E-state index in [-0.39, 0.29) is 17.2 Å². The second kappa shape index (κ2) is 3.18. The van der Waals surface area contributed by atoms with Gasteiger partial charge in [-0.3, -0.25) is 4.98 Å². The number of hydrogen-bond acceptors (Lipinski definition) is 4. The minimum Gasteiger partial charge on any atom is -0.368 e. The highest BCUT2D eigenvalue weighted by molar-refractivity contribution is 5.57. The SMILES string of the molecule is [2H]c1nc(N)nc(-c2c([2H])nc([2H])c([2H])c2[2H])c1[2H]. The summed E-state index contributed by atoms with van der Waals surface area (Å²) in [5, 5.41) is 0. The molecule has 0 atom stereocenters. The maximum Gasteiger partial charge on any atom is 0.220 e. The van der Waals surface area contributed by atoms with Gasteiger partial charge in [0.2, 0.25) is 5.95 Å². The molecule has 0 aliphatic rings. The average molecular weight is 178 g/mol. The van der Waals surface area contributed by atoms with Gasteiger partial charge in [0.25, 0.3) is 0 Å². The van der Waals surface area contributed by atoms with E-state index >= 15 is 0 Å². The van der Waals surface area contributed by atoms with Gasteiger partial charge in [-0.2, -0.15) is 0 Å². The van der Waals surface area contributed by atoms with Crippen molar-refractivity contribution in [2.24, 2.45) is 0 Å². The van der Waals surface area contributed by atoms with Crippen LogP contribution in [-0.2, 0) is 0 Å². The second-order valence-electron chi connectivity index (χ2n) is 2.13. The van der Waals surface area contributed by atoms with Crippen LogP contribution in [0.4, 0.5) is 5.95 Å². The van der Waals surface area contributed by atoms with Crippen LogP contribution in [0.15, 0.2) is 36.6 Å². The summed E-state index contributed by atoms with van der Waals surface area (Å²) < 4.78 is 45.3. The van der Waals surface area contributed by atoms with E-state index in [1.807, 2.05) is 0 Å². The van der Waals surface area contributed by atoms with Crippen molar-refractivity contribution in [1.82, 2.24) is 15.0 Å². The van der Waals surface area contributed by atoms with Crippen molar-refractivity contribution in [2.75, 3.05) is 5.73 Å². The van der Waals surface area contributed by atoms with E-state index in [4.69, 9.17) is 14.0 Å². The van der Waals surface area contributed by atoms with Crippen LogP contribution in [0.2, 0.25) is 0 Å². The molecule has 0 aromatic carbocycles. The molecular formula is C9H8N4. The fourth-order valence-corrected chi connectivity index (χ4v) is 0.766. The van der Waals surface area contributed by atoms with Crippen LogP contribution in [0.3, 0.4) is 0 Å². The fourth-order valence-electron chi connectivity index (χ4n) is 0.766. The third kappa shape index (κ3) is 1.61. The zero-order valence-electron chi connectivity index (χ0n) is 12.4. The number of nitrogen functional groups attached to an aromatic ring is 1. The molecule has 2 heterocycles. The molecule has 13 heavy (non-hydrogen) atoms. The van der Waals surface area contributed by atoms with E-state index in [2.05, 4.69) is 15.0 Å². The lowest BCUT2D eigenvalue weighted by molar-refractivity contribution is 1.18. The van der Waals surface area contributed by atoms with E-state index in [0.717, 1.165) is 0 Å². The third-order valence-electron chi connectivity index (χ3n) is 1.27. The van der Waals surface area contributed by atoms with E-state index in [9.17, 15) is 0 Å². The first kappa shape index (κ1) is 3.41. The van der Waals surface area contributed by atoms with Crippen LogP contribution in [0.1, 0.15) is 8.22 Å². The molecule has 2 N–H and O–H groups in total. The molecule has 0 radical (unpaired) electrons. The molecule has 0 aliphatic carbocycles. The van der Waals surface area contributed by atoms with Gasteiger partial charge in [-0.25, -0.2) is 9.97 Å². The lowest BCUT2D eigenvalue weighted by Gasteiger charge is -1.98. The molecule has 2 aromatic heterocycles. The number of rotatable bonds is 1. The molecule has 0 saturated heterocycles. The minimum absolute atomic E-state index is 0.200. The second-order valence-corrected chi connectivity index (χ2v) is 2.13. The lowest BCUT2D eigenvalue weighted by atomic mass is 10.2.